The van der Waals surface area contributed by atoms with Crippen LogP contribution in [0.15, 0.2) is 53.1 Å². The molecule has 2 aliphatic heterocycles. The number of pyridine rings is 1. The van der Waals surface area contributed by atoms with Gasteiger partial charge < -0.3 is 10.1 Å². The predicted molar refractivity (Wildman–Crippen MR) is 155 cm³/mol. The smallest absolute Gasteiger partial charge is 0.266 e. The number of sulfonamides is 1. The average Bonchev–Trinajstić information content (AvgIpc) is 3.86. The largest absolute Gasteiger partial charge is 0.477 e. The van der Waals surface area contributed by atoms with Gasteiger partial charge in [0.1, 0.15) is 0 Å². The number of carbonyl (C=O) groups is 1. The summed E-state index contributed by atoms with van der Waals surface area (Å²) < 4.78 is 36.5. The van der Waals surface area contributed by atoms with Gasteiger partial charge in [-0.25, -0.2) is 22.8 Å². The fourth-order valence-corrected chi connectivity index (χ4v) is 9.28. The van der Waals surface area contributed by atoms with Crippen molar-refractivity contribution in [1.82, 2.24) is 24.8 Å². The van der Waals surface area contributed by atoms with Crippen LogP contribution in [-0.2, 0) is 10.0 Å². The predicted octanol–water partition coefficient (Wildman–Crippen LogP) is 4.52. The summed E-state index contributed by atoms with van der Waals surface area (Å²) in [7, 11) is -4.19. The number of ether oxygens (including phenoxy) is 1. The molecule has 224 valence electrons. The average molecular weight is 594 g/mol. The van der Waals surface area contributed by atoms with Gasteiger partial charge in [-0.3, -0.25) is 4.79 Å². The van der Waals surface area contributed by atoms with E-state index in [2.05, 4.69) is 44.2 Å². The van der Waals surface area contributed by atoms with Crippen LogP contribution in [0, 0.1) is 22.7 Å². The molecule has 42 heavy (non-hydrogen) atoms. The second-order valence-electron chi connectivity index (χ2n) is 13.5. The molecule has 3 aliphatic carbocycles. The Labute approximate surface area is 246 Å². The highest BCUT2D eigenvalue weighted by molar-refractivity contribution is 7.91. The van der Waals surface area contributed by atoms with Crippen LogP contribution >= 0.6 is 0 Å². The first kappa shape index (κ1) is 27.7. The summed E-state index contributed by atoms with van der Waals surface area (Å²) in [6.45, 7) is 5.92. The van der Waals surface area contributed by atoms with Crippen LogP contribution in [0.1, 0.15) is 82.0 Å². The van der Waals surface area contributed by atoms with Crippen LogP contribution in [0.2, 0.25) is 0 Å². The molecule has 0 radical (unpaired) electrons. The maximum Gasteiger partial charge on any atom is 0.266 e. The van der Waals surface area contributed by atoms with E-state index in [-0.39, 0.29) is 17.5 Å². The van der Waals surface area contributed by atoms with E-state index in [1.54, 1.807) is 23.0 Å². The monoisotopic (exact) mass is 593 g/mol. The van der Waals surface area contributed by atoms with E-state index in [0.717, 1.165) is 31.7 Å². The number of nitrogens with one attached hydrogen (secondary N) is 2. The lowest BCUT2D eigenvalue weighted by atomic mass is 9.92. The zero-order valence-electron chi connectivity index (χ0n) is 24.3. The van der Waals surface area contributed by atoms with Crippen molar-refractivity contribution in [3.8, 4) is 11.7 Å². The van der Waals surface area contributed by atoms with E-state index in [0.29, 0.717) is 41.5 Å². The lowest BCUT2D eigenvalue weighted by Crippen LogP contribution is -2.45. The summed E-state index contributed by atoms with van der Waals surface area (Å²) in [5, 5.41) is 15.8. The Morgan fingerprint density at radius 2 is 1.93 bits per heavy atom. The number of aromatic nitrogens is 3. The maximum atomic E-state index is 13.4. The van der Waals surface area contributed by atoms with Crippen molar-refractivity contribution in [2.75, 3.05) is 13.2 Å². The molecule has 2 aromatic rings. The Bertz CT molecular complexity index is 1510. The minimum absolute atomic E-state index is 0.0983. The van der Waals surface area contributed by atoms with E-state index in [4.69, 9.17) is 4.74 Å². The van der Waals surface area contributed by atoms with Crippen LogP contribution in [0.3, 0.4) is 0 Å². The summed E-state index contributed by atoms with van der Waals surface area (Å²) in [5.74, 6) is 1.58. The first-order chi connectivity index (χ1) is 20.1. The van der Waals surface area contributed by atoms with Gasteiger partial charge in [0, 0.05) is 30.2 Å². The lowest BCUT2D eigenvalue weighted by molar-refractivity contribution is 0.0980. The molecule has 1 saturated heterocycles. The Morgan fingerprint density at radius 3 is 2.55 bits per heavy atom. The van der Waals surface area contributed by atoms with Crippen molar-refractivity contribution in [1.29, 1.82) is 0 Å². The summed E-state index contributed by atoms with van der Waals surface area (Å²) in [6.07, 6.45) is 15.4. The highest BCUT2D eigenvalue weighted by atomic mass is 32.2. The molecule has 3 saturated carbocycles. The quantitative estimate of drug-likeness (QED) is 0.369. The van der Waals surface area contributed by atoms with E-state index in [1.807, 2.05) is 0 Å². The topological polar surface area (TPSA) is 140 Å². The van der Waals surface area contributed by atoms with Crippen molar-refractivity contribution in [2.24, 2.45) is 32.9 Å². The van der Waals surface area contributed by atoms with E-state index >= 15 is 0 Å². The molecule has 12 heteroatoms. The molecule has 11 nitrogen and oxygen atoms in total. The molecule has 2 N–H and O–H groups in total. The number of hydrogen-bond acceptors (Lipinski definition) is 9. The van der Waals surface area contributed by atoms with Crippen LogP contribution in [-0.4, -0.2) is 52.7 Å². The Kier molecular flexibility index (Phi) is 6.40. The normalized spacial score (nSPS) is 27.5. The van der Waals surface area contributed by atoms with E-state index in [1.165, 1.54) is 50.2 Å². The summed E-state index contributed by atoms with van der Waals surface area (Å²) in [4.78, 5) is 15.7. The number of rotatable bonds is 12. The lowest BCUT2D eigenvalue weighted by Gasteiger charge is -2.23. The number of azo groups is 1. The third kappa shape index (κ3) is 4.76. The molecular formula is C30H39N7O4S. The van der Waals surface area contributed by atoms with E-state index in [9.17, 15) is 13.2 Å². The first-order valence-corrected chi connectivity index (χ1v) is 16.6. The van der Waals surface area contributed by atoms with Gasteiger partial charge >= 0.3 is 0 Å². The van der Waals surface area contributed by atoms with Crippen molar-refractivity contribution < 1.29 is 17.9 Å². The molecular weight excluding hydrogens is 554 g/mol. The summed E-state index contributed by atoms with van der Waals surface area (Å²) in [6, 6.07) is 4.95. The van der Waals surface area contributed by atoms with Crippen LogP contribution in [0.4, 0.5) is 0 Å². The van der Waals surface area contributed by atoms with Crippen molar-refractivity contribution >= 4 is 15.9 Å². The van der Waals surface area contributed by atoms with Crippen molar-refractivity contribution in [2.45, 2.75) is 82.0 Å². The van der Waals surface area contributed by atoms with Gasteiger partial charge in [0.15, 0.2) is 5.82 Å². The Morgan fingerprint density at radius 1 is 1.14 bits per heavy atom. The number of hydrogen-bond donors (Lipinski definition) is 2. The van der Waals surface area contributed by atoms with Gasteiger partial charge in [-0.1, -0.05) is 0 Å². The highest BCUT2D eigenvalue weighted by Crippen LogP contribution is 2.93. The zero-order chi connectivity index (χ0) is 29.2. The molecule has 7 rings (SSSR count). The Balaban J connectivity index is 0.929. The fourth-order valence-electron chi connectivity index (χ4n) is 7.93. The molecule has 0 bridgehead atoms. The zero-order valence-corrected chi connectivity index (χ0v) is 25.1. The molecule has 2 aromatic heterocycles. The Hall–Kier alpha value is -3.12. The van der Waals surface area contributed by atoms with Gasteiger partial charge in [-0.2, -0.15) is 10.2 Å². The number of carbonyl (C=O) groups excluding carboxylic acids is 1. The fraction of sp³-hybridized carbons (Fsp3) is 0.633. The first-order valence-electron chi connectivity index (χ1n) is 15.1. The van der Waals surface area contributed by atoms with Crippen LogP contribution in [0.25, 0.3) is 5.82 Å². The third-order valence-corrected chi connectivity index (χ3v) is 12.2. The second kappa shape index (κ2) is 9.70. The molecule has 2 atom stereocenters. The van der Waals surface area contributed by atoms with Crippen molar-refractivity contribution in [3.63, 3.8) is 0 Å². The molecule has 4 fully saturated rings. The van der Waals surface area contributed by atoms with Crippen LogP contribution in [0.5, 0.6) is 5.88 Å². The molecule has 5 aliphatic rings. The second-order valence-corrected chi connectivity index (χ2v) is 15.5. The highest BCUT2D eigenvalue weighted by Gasteiger charge is 2.85. The number of nitrogens with zero attached hydrogens (tertiary/aromatic N) is 5. The number of amides is 1. The third-order valence-electron chi connectivity index (χ3n) is 10.4. The van der Waals surface area contributed by atoms with Gasteiger partial charge in [0.2, 0.25) is 10.8 Å². The molecule has 1 unspecified atom stereocenters. The molecule has 1 amide bonds. The van der Waals surface area contributed by atoms with E-state index < -0.39 is 20.8 Å². The maximum absolute atomic E-state index is 13.4. The number of fused-ring (bicyclic) bond motifs is 1. The summed E-state index contributed by atoms with van der Waals surface area (Å²) in [5.41, 5.74) is 1.57. The molecule has 0 aromatic carbocycles. The molecule has 2 spiro atoms. The van der Waals surface area contributed by atoms with Gasteiger partial charge in [0.25, 0.3) is 15.9 Å². The van der Waals surface area contributed by atoms with Crippen LogP contribution < -0.4 is 14.8 Å². The minimum atomic E-state index is -4.19. The van der Waals surface area contributed by atoms with Gasteiger partial charge in [-0.05, 0) is 119 Å². The SMILES string of the molecule is CC1(C)C[C@H](CCCC2(S(=O)(=O)NC(=O)c3ccc(-n4ccc(OCCC5C6(CC6)C56CC6)n4)nc3)C=CN=N2)CN1. The minimum Gasteiger partial charge on any atom is -0.477 e. The van der Waals surface area contributed by atoms with Crippen molar-refractivity contribution in [3.05, 3.63) is 48.4 Å². The summed E-state index contributed by atoms with van der Waals surface area (Å²) >= 11 is 0. The standard InChI is InChI=1S/C30H39N7O4S/c1-27(2)18-21(19-32-27)4-3-9-30(14-15-33-36-30)42(39,40)35-26(38)22-5-6-24(31-20-22)37-16-7-25(34-37)41-17-8-23-28(10-11-28)29(23)12-13-29/h5-7,14-16,20-21,23,32H,3-4,8-13,17-19H2,1-2H3,(H,35,38)/t21-,30?/m0/s1. The van der Waals surface area contributed by atoms with Gasteiger partial charge in [0.05, 0.1) is 12.2 Å². The molecule has 4 heterocycles. The van der Waals surface area contributed by atoms with Gasteiger partial charge in [-0.15, -0.1) is 5.10 Å².